The number of hydrogen-bond acceptors (Lipinski definition) is 7. The van der Waals surface area contributed by atoms with Crippen molar-refractivity contribution < 1.29 is 14.3 Å². The lowest BCUT2D eigenvalue weighted by Gasteiger charge is -2.41. The fourth-order valence-corrected chi connectivity index (χ4v) is 5.93. The summed E-state index contributed by atoms with van der Waals surface area (Å²) >= 11 is 0. The fourth-order valence-electron chi connectivity index (χ4n) is 5.93. The number of piperidine rings is 1. The number of carbonyl (C=O) groups is 2. The van der Waals surface area contributed by atoms with Crippen molar-refractivity contribution in [2.24, 2.45) is 0 Å². The molecule has 0 aliphatic carbocycles. The molecule has 1 aromatic carbocycles. The van der Waals surface area contributed by atoms with E-state index in [0.29, 0.717) is 58.7 Å². The standard InChI is InChI=1S/C29H31N7O3/c1-17-9-11-31-22(14-17)33-27(38)18-4-6-20(21(15-18)39-3)24-25-26(30)32-12-13-35(25)28(34-24)29(2)10-8-19-5-7-23(37)36(19)16-29/h4,6,9,11-15,19H,5,7-8,10,16H2,1-3H3,(H2,30,32)(H,31,33,38)/t19-,29-/m1/s1. The van der Waals surface area contributed by atoms with E-state index in [2.05, 4.69) is 22.2 Å². The number of nitrogens with zero attached hydrogens (tertiary/aromatic N) is 5. The largest absolute Gasteiger partial charge is 0.496 e. The molecule has 0 unspecified atom stereocenters. The van der Waals surface area contributed by atoms with Gasteiger partial charge in [-0.3, -0.25) is 14.0 Å². The number of nitrogens with two attached hydrogens (primary N) is 1. The van der Waals surface area contributed by atoms with E-state index in [1.807, 2.05) is 40.6 Å². The number of aromatic nitrogens is 4. The van der Waals surface area contributed by atoms with Gasteiger partial charge >= 0.3 is 0 Å². The number of nitrogens with one attached hydrogen (secondary N) is 1. The van der Waals surface area contributed by atoms with Gasteiger partial charge in [0.25, 0.3) is 5.91 Å². The van der Waals surface area contributed by atoms with Crippen LogP contribution < -0.4 is 15.8 Å². The molecule has 0 bridgehead atoms. The van der Waals surface area contributed by atoms with Crippen molar-refractivity contribution in [3.05, 3.63) is 65.9 Å². The van der Waals surface area contributed by atoms with Gasteiger partial charge in [-0.05, 0) is 62.1 Å². The predicted octanol–water partition coefficient (Wildman–Crippen LogP) is 3.99. The molecule has 0 radical (unpaired) electrons. The summed E-state index contributed by atoms with van der Waals surface area (Å²) in [5, 5.41) is 2.83. The molecule has 0 spiro atoms. The molecule has 2 aliphatic heterocycles. The van der Waals surface area contributed by atoms with Gasteiger partial charge in [-0.25, -0.2) is 15.0 Å². The lowest BCUT2D eigenvalue weighted by molar-refractivity contribution is -0.131. The van der Waals surface area contributed by atoms with Crippen molar-refractivity contribution >= 4 is 29.0 Å². The Labute approximate surface area is 226 Å². The molecular weight excluding hydrogens is 494 g/mol. The van der Waals surface area contributed by atoms with Crippen LogP contribution in [0.25, 0.3) is 16.8 Å². The van der Waals surface area contributed by atoms with E-state index < -0.39 is 0 Å². The van der Waals surface area contributed by atoms with E-state index in [1.54, 1.807) is 31.6 Å². The third-order valence-corrected chi connectivity index (χ3v) is 8.00. The summed E-state index contributed by atoms with van der Waals surface area (Å²) in [4.78, 5) is 41.3. The van der Waals surface area contributed by atoms with Crippen LogP contribution >= 0.6 is 0 Å². The molecule has 10 nitrogen and oxygen atoms in total. The highest BCUT2D eigenvalue weighted by Crippen LogP contribution is 2.43. The molecule has 2 amide bonds. The normalized spacial score (nSPS) is 20.7. The summed E-state index contributed by atoms with van der Waals surface area (Å²) in [6.45, 7) is 4.71. The Morgan fingerprint density at radius 2 is 2.03 bits per heavy atom. The number of pyridine rings is 1. The van der Waals surface area contributed by atoms with Gasteiger partial charge in [0.2, 0.25) is 5.91 Å². The van der Waals surface area contributed by atoms with Gasteiger partial charge in [0.05, 0.1) is 7.11 Å². The van der Waals surface area contributed by atoms with Crippen LogP contribution in [0.3, 0.4) is 0 Å². The second-order valence-electron chi connectivity index (χ2n) is 10.7. The first-order valence-electron chi connectivity index (χ1n) is 13.1. The Morgan fingerprint density at radius 1 is 1.18 bits per heavy atom. The zero-order valence-electron chi connectivity index (χ0n) is 22.3. The Bertz CT molecular complexity index is 1610. The summed E-state index contributed by atoms with van der Waals surface area (Å²) in [5.41, 5.74) is 9.45. The molecule has 6 rings (SSSR count). The number of methoxy groups -OCH3 is 1. The van der Waals surface area contributed by atoms with Crippen LogP contribution in [0.2, 0.25) is 0 Å². The fraction of sp³-hybridized carbons (Fsp3) is 0.345. The SMILES string of the molecule is COc1cc(C(=O)Nc2cc(C)ccn2)ccc1-c1nc([C@]2(C)CC[C@H]3CCC(=O)N3C2)n2ccnc(N)c12. The second kappa shape index (κ2) is 9.37. The number of aryl methyl sites for hydroxylation is 1. The first-order valence-corrected chi connectivity index (χ1v) is 13.1. The maximum absolute atomic E-state index is 13.0. The van der Waals surface area contributed by atoms with Gasteiger partial charge in [0, 0.05) is 54.1 Å². The lowest BCUT2D eigenvalue weighted by atomic mass is 9.79. The third-order valence-electron chi connectivity index (χ3n) is 8.00. The molecule has 10 heteroatoms. The summed E-state index contributed by atoms with van der Waals surface area (Å²) in [7, 11) is 1.56. The monoisotopic (exact) mass is 525 g/mol. The van der Waals surface area contributed by atoms with Crippen molar-refractivity contribution in [2.75, 3.05) is 24.7 Å². The van der Waals surface area contributed by atoms with Crippen LogP contribution in [-0.4, -0.2) is 55.8 Å². The van der Waals surface area contributed by atoms with E-state index in [4.69, 9.17) is 15.5 Å². The number of imidazole rings is 1. The van der Waals surface area contributed by atoms with Gasteiger partial charge in [-0.15, -0.1) is 0 Å². The second-order valence-corrected chi connectivity index (χ2v) is 10.7. The van der Waals surface area contributed by atoms with Crippen LogP contribution in [0.1, 0.15) is 54.4 Å². The molecule has 0 saturated carbocycles. The minimum Gasteiger partial charge on any atom is -0.496 e. The van der Waals surface area contributed by atoms with Crippen LogP contribution in [-0.2, 0) is 10.2 Å². The van der Waals surface area contributed by atoms with Gasteiger partial charge in [0.1, 0.15) is 34.4 Å². The highest BCUT2D eigenvalue weighted by molar-refractivity contribution is 6.04. The molecule has 4 aromatic rings. The van der Waals surface area contributed by atoms with Crippen molar-refractivity contribution in [1.82, 2.24) is 24.3 Å². The van der Waals surface area contributed by atoms with E-state index in [0.717, 1.165) is 30.7 Å². The number of carbonyl (C=O) groups excluding carboxylic acids is 2. The smallest absolute Gasteiger partial charge is 0.256 e. The van der Waals surface area contributed by atoms with E-state index in [9.17, 15) is 9.59 Å². The summed E-state index contributed by atoms with van der Waals surface area (Å²) in [5.74, 6) is 2.05. The van der Waals surface area contributed by atoms with Gasteiger partial charge in [-0.2, -0.15) is 0 Å². The van der Waals surface area contributed by atoms with Crippen molar-refractivity contribution in [3.8, 4) is 17.0 Å². The summed E-state index contributed by atoms with van der Waals surface area (Å²) in [6.07, 6.45) is 8.57. The first-order chi connectivity index (χ1) is 18.8. The number of fused-ring (bicyclic) bond motifs is 2. The molecule has 5 heterocycles. The van der Waals surface area contributed by atoms with Crippen LogP contribution in [0.5, 0.6) is 5.75 Å². The van der Waals surface area contributed by atoms with Crippen LogP contribution in [0.4, 0.5) is 11.6 Å². The van der Waals surface area contributed by atoms with Crippen molar-refractivity contribution in [2.45, 2.75) is 51.0 Å². The predicted molar refractivity (Wildman–Crippen MR) is 148 cm³/mol. The molecule has 2 saturated heterocycles. The molecule has 2 atom stereocenters. The Morgan fingerprint density at radius 3 is 2.82 bits per heavy atom. The minimum absolute atomic E-state index is 0.213. The number of nitrogen functional groups attached to an aromatic ring is 1. The topological polar surface area (TPSA) is 128 Å². The zero-order valence-corrected chi connectivity index (χ0v) is 22.3. The quantitative estimate of drug-likeness (QED) is 0.403. The average molecular weight is 526 g/mol. The highest BCUT2D eigenvalue weighted by Gasteiger charge is 2.45. The summed E-state index contributed by atoms with van der Waals surface area (Å²) in [6, 6.07) is 9.23. The summed E-state index contributed by atoms with van der Waals surface area (Å²) < 4.78 is 7.73. The van der Waals surface area contributed by atoms with Crippen LogP contribution in [0, 0.1) is 6.92 Å². The molecule has 2 aliphatic rings. The van der Waals surface area contributed by atoms with Gasteiger partial charge < -0.3 is 20.7 Å². The third kappa shape index (κ3) is 4.25. The maximum atomic E-state index is 13.0. The molecular formula is C29H31N7O3. The number of hydrogen-bond donors (Lipinski definition) is 2. The molecule has 200 valence electrons. The lowest BCUT2D eigenvalue weighted by Crippen LogP contribution is -2.49. The number of ether oxygens (including phenoxy) is 1. The maximum Gasteiger partial charge on any atom is 0.256 e. The molecule has 39 heavy (non-hydrogen) atoms. The van der Waals surface area contributed by atoms with Gasteiger partial charge in [0.15, 0.2) is 0 Å². The Kier molecular flexibility index (Phi) is 5.97. The minimum atomic E-state index is -0.362. The molecule has 3 aromatic heterocycles. The van der Waals surface area contributed by atoms with Crippen molar-refractivity contribution in [3.63, 3.8) is 0 Å². The number of amides is 2. The van der Waals surface area contributed by atoms with E-state index >= 15 is 0 Å². The highest BCUT2D eigenvalue weighted by atomic mass is 16.5. The zero-order chi connectivity index (χ0) is 27.3. The van der Waals surface area contributed by atoms with Crippen LogP contribution in [0.15, 0.2) is 48.9 Å². The average Bonchev–Trinajstić information content (AvgIpc) is 3.50. The van der Waals surface area contributed by atoms with Crippen molar-refractivity contribution in [1.29, 1.82) is 0 Å². The van der Waals surface area contributed by atoms with E-state index in [1.165, 1.54) is 0 Å². The number of benzene rings is 1. The molecule has 3 N–H and O–H groups in total. The van der Waals surface area contributed by atoms with Gasteiger partial charge in [-0.1, -0.05) is 6.92 Å². The Hall–Kier alpha value is -4.47. The molecule has 2 fully saturated rings. The first kappa shape index (κ1) is 24.8. The van der Waals surface area contributed by atoms with E-state index in [-0.39, 0.29) is 17.2 Å². The Balaban J connectivity index is 1.40. The number of anilines is 2. The number of rotatable bonds is 5.